The molecule has 1 amide bonds. The molecule has 1 aromatic rings. The van der Waals surface area contributed by atoms with Gasteiger partial charge in [-0.3, -0.25) is 4.79 Å². The number of halogens is 1. The first kappa shape index (κ1) is 15.6. The van der Waals surface area contributed by atoms with Crippen molar-refractivity contribution in [2.45, 2.75) is 44.4 Å². The van der Waals surface area contributed by atoms with E-state index in [0.29, 0.717) is 10.7 Å². The molecule has 2 nitrogen and oxygen atoms in total. The minimum atomic E-state index is -0.00832. The average molecular weight is 338 g/mol. The fraction of sp³-hybridized carbons (Fsp3) is 0.588. The van der Waals surface area contributed by atoms with Gasteiger partial charge in [0.05, 0.1) is 0 Å². The standard InChI is InChI=1S/C17H24BrNO/c1-12-11-19(10-9-15(12)18)16(20)13-7-5-6-8-14(13)17(2,3)4/h5-8,12,15H,9-11H2,1-4H3. The number of rotatable bonds is 1. The topological polar surface area (TPSA) is 20.3 Å². The maximum Gasteiger partial charge on any atom is 0.254 e. The molecule has 0 N–H and O–H groups in total. The monoisotopic (exact) mass is 337 g/mol. The van der Waals surface area contributed by atoms with Crippen molar-refractivity contribution in [2.24, 2.45) is 5.92 Å². The van der Waals surface area contributed by atoms with Crippen LogP contribution in [0.3, 0.4) is 0 Å². The van der Waals surface area contributed by atoms with E-state index < -0.39 is 0 Å². The lowest BCUT2D eigenvalue weighted by atomic mass is 9.83. The molecule has 2 atom stereocenters. The van der Waals surface area contributed by atoms with Crippen LogP contribution in [0, 0.1) is 5.92 Å². The van der Waals surface area contributed by atoms with Gasteiger partial charge >= 0.3 is 0 Å². The number of alkyl halides is 1. The van der Waals surface area contributed by atoms with Gasteiger partial charge in [0, 0.05) is 23.5 Å². The van der Waals surface area contributed by atoms with Crippen LogP contribution in [-0.2, 0) is 5.41 Å². The molecule has 20 heavy (non-hydrogen) atoms. The van der Waals surface area contributed by atoms with Crippen LogP contribution in [0.5, 0.6) is 0 Å². The largest absolute Gasteiger partial charge is 0.338 e. The summed E-state index contributed by atoms with van der Waals surface area (Å²) in [5, 5.41) is 0. The molecular weight excluding hydrogens is 314 g/mol. The maximum atomic E-state index is 12.8. The Morgan fingerprint density at radius 3 is 2.55 bits per heavy atom. The van der Waals surface area contributed by atoms with E-state index in [4.69, 9.17) is 0 Å². The van der Waals surface area contributed by atoms with Crippen molar-refractivity contribution in [1.29, 1.82) is 0 Å². The summed E-state index contributed by atoms with van der Waals surface area (Å²) < 4.78 is 0. The molecule has 1 aromatic carbocycles. The lowest BCUT2D eigenvalue weighted by Crippen LogP contribution is -2.43. The number of hydrogen-bond acceptors (Lipinski definition) is 1. The molecule has 1 fully saturated rings. The number of carbonyl (C=O) groups excluding carboxylic acids is 1. The summed E-state index contributed by atoms with van der Waals surface area (Å²) in [7, 11) is 0. The van der Waals surface area contributed by atoms with Gasteiger partial charge in [-0.15, -0.1) is 0 Å². The summed E-state index contributed by atoms with van der Waals surface area (Å²) in [4.78, 5) is 15.4. The Hall–Kier alpha value is -0.830. The van der Waals surface area contributed by atoms with E-state index in [0.717, 1.165) is 30.6 Å². The van der Waals surface area contributed by atoms with E-state index in [1.54, 1.807) is 0 Å². The second-order valence-electron chi connectivity index (χ2n) is 6.83. The van der Waals surface area contributed by atoms with E-state index in [1.165, 1.54) is 0 Å². The summed E-state index contributed by atoms with van der Waals surface area (Å²) >= 11 is 3.69. The van der Waals surface area contributed by atoms with Crippen molar-refractivity contribution in [2.75, 3.05) is 13.1 Å². The summed E-state index contributed by atoms with van der Waals surface area (Å²) in [5.41, 5.74) is 1.99. The third-order valence-electron chi connectivity index (χ3n) is 4.05. The van der Waals surface area contributed by atoms with Crippen molar-refractivity contribution in [3.63, 3.8) is 0 Å². The van der Waals surface area contributed by atoms with Gasteiger partial charge in [0.2, 0.25) is 0 Å². The Kier molecular flexibility index (Phi) is 4.58. The molecule has 2 unspecified atom stereocenters. The Bertz CT molecular complexity index is 492. The maximum absolute atomic E-state index is 12.8. The Morgan fingerprint density at radius 2 is 1.95 bits per heavy atom. The second-order valence-corrected chi connectivity index (χ2v) is 8.00. The normalized spacial score (nSPS) is 23.8. The first-order valence-electron chi connectivity index (χ1n) is 7.33. The number of likely N-dealkylation sites (tertiary alicyclic amines) is 1. The molecular formula is C17H24BrNO. The van der Waals surface area contributed by atoms with Crippen LogP contribution in [0.1, 0.15) is 50.0 Å². The van der Waals surface area contributed by atoms with Gasteiger partial charge in [-0.05, 0) is 29.4 Å². The zero-order chi connectivity index (χ0) is 14.9. The zero-order valence-corrected chi connectivity index (χ0v) is 14.4. The fourth-order valence-corrected chi connectivity index (χ4v) is 3.17. The van der Waals surface area contributed by atoms with E-state index in [9.17, 15) is 4.79 Å². The van der Waals surface area contributed by atoms with Crippen LogP contribution in [0.2, 0.25) is 0 Å². The highest BCUT2D eigenvalue weighted by Gasteiger charge is 2.30. The molecule has 0 aliphatic carbocycles. The predicted molar refractivity (Wildman–Crippen MR) is 87.5 cm³/mol. The molecule has 1 saturated heterocycles. The smallest absolute Gasteiger partial charge is 0.254 e. The van der Waals surface area contributed by atoms with Gasteiger partial charge in [-0.2, -0.15) is 0 Å². The number of amides is 1. The van der Waals surface area contributed by atoms with Crippen molar-refractivity contribution in [1.82, 2.24) is 4.90 Å². The first-order chi connectivity index (χ1) is 9.30. The van der Waals surface area contributed by atoms with Gasteiger partial charge in [-0.1, -0.05) is 61.8 Å². The SMILES string of the molecule is CC1CN(C(=O)c2ccccc2C(C)(C)C)CCC1Br. The first-order valence-corrected chi connectivity index (χ1v) is 8.25. The number of hydrogen-bond donors (Lipinski definition) is 0. The molecule has 0 bridgehead atoms. The highest BCUT2D eigenvalue weighted by molar-refractivity contribution is 9.09. The van der Waals surface area contributed by atoms with E-state index >= 15 is 0 Å². The third kappa shape index (κ3) is 3.25. The Labute approximate surface area is 130 Å². The molecule has 0 aromatic heterocycles. The number of piperidine rings is 1. The average Bonchev–Trinajstić information content (AvgIpc) is 2.40. The molecule has 3 heteroatoms. The summed E-state index contributed by atoms with van der Waals surface area (Å²) in [5.74, 6) is 0.691. The van der Waals surface area contributed by atoms with Crippen LogP contribution < -0.4 is 0 Å². The van der Waals surface area contributed by atoms with Gasteiger partial charge in [0.1, 0.15) is 0 Å². The Morgan fingerprint density at radius 1 is 1.30 bits per heavy atom. The van der Waals surface area contributed by atoms with Gasteiger partial charge in [-0.25, -0.2) is 0 Å². The molecule has 0 spiro atoms. The van der Waals surface area contributed by atoms with Crippen LogP contribution in [0.4, 0.5) is 0 Å². The van der Waals surface area contributed by atoms with Gasteiger partial charge in [0.15, 0.2) is 0 Å². The molecule has 2 rings (SSSR count). The number of benzene rings is 1. The van der Waals surface area contributed by atoms with E-state index in [-0.39, 0.29) is 11.3 Å². The predicted octanol–water partition coefficient (Wildman–Crippen LogP) is 4.23. The lowest BCUT2D eigenvalue weighted by Gasteiger charge is -2.35. The van der Waals surface area contributed by atoms with Crippen LogP contribution in [-0.4, -0.2) is 28.7 Å². The zero-order valence-electron chi connectivity index (χ0n) is 12.8. The quantitative estimate of drug-likeness (QED) is 0.702. The van der Waals surface area contributed by atoms with Crippen molar-refractivity contribution in [3.05, 3.63) is 35.4 Å². The molecule has 0 saturated carbocycles. The van der Waals surface area contributed by atoms with Crippen LogP contribution in [0.25, 0.3) is 0 Å². The number of nitrogens with zero attached hydrogens (tertiary/aromatic N) is 1. The molecule has 1 aliphatic heterocycles. The van der Waals surface area contributed by atoms with Gasteiger partial charge in [0.25, 0.3) is 5.91 Å². The van der Waals surface area contributed by atoms with Crippen molar-refractivity contribution >= 4 is 21.8 Å². The fourth-order valence-electron chi connectivity index (χ4n) is 2.80. The molecule has 1 heterocycles. The Balaban J connectivity index is 2.26. The van der Waals surface area contributed by atoms with Crippen molar-refractivity contribution in [3.8, 4) is 0 Å². The molecule has 1 aliphatic rings. The summed E-state index contributed by atoms with van der Waals surface area (Å²) in [6.07, 6.45) is 1.03. The number of carbonyl (C=O) groups is 1. The minimum absolute atomic E-state index is 0.00832. The lowest BCUT2D eigenvalue weighted by molar-refractivity contribution is 0.0688. The van der Waals surface area contributed by atoms with Crippen molar-refractivity contribution < 1.29 is 4.79 Å². The van der Waals surface area contributed by atoms with E-state index in [1.807, 2.05) is 23.1 Å². The molecule has 0 radical (unpaired) electrons. The van der Waals surface area contributed by atoms with Crippen LogP contribution in [0.15, 0.2) is 24.3 Å². The van der Waals surface area contributed by atoms with Crippen LogP contribution >= 0.6 is 15.9 Å². The minimum Gasteiger partial charge on any atom is -0.338 e. The summed E-state index contributed by atoms with van der Waals surface area (Å²) in [6, 6.07) is 8.02. The third-order valence-corrected chi connectivity index (χ3v) is 5.41. The molecule has 110 valence electrons. The highest BCUT2D eigenvalue weighted by atomic mass is 79.9. The second kappa shape index (κ2) is 5.88. The van der Waals surface area contributed by atoms with E-state index in [2.05, 4.69) is 49.7 Å². The summed E-state index contributed by atoms with van der Waals surface area (Å²) in [6.45, 7) is 10.4. The van der Waals surface area contributed by atoms with Gasteiger partial charge < -0.3 is 4.90 Å². The highest BCUT2D eigenvalue weighted by Crippen LogP contribution is 2.29.